The number of ether oxygens (including phenoxy) is 1. The lowest BCUT2D eigenvalue weighted by atomic mass is 10.1. The molecule has 0 aliphatic carbocycles. The first-order valence-corrected chi connectivity index (χ1v) is 6.46. The highest BCUT2D eigenvalue weighted by atomic mass is 32.2. The Morgan fingerprint density at radius 3 is 2.87 bits per heavy atom. The van der Waals surface area contributed by atoms with E-state index in [0.717, 1.165) is 19.4 Å². The van der Waals surface area contributed by atoms with Crippen LogP contribution in [-0.2, 0) is 19.6 Å². The van der Waals surface area contributed by atoms with E-state index in [1.807, 2.05) is 0 Å². The number of rotatable bonds is 4. The van der Waals surface area contributed by atoms with Crippen molar-refractivity contribution < 1.29 is 17.9 Å². The molecule has 0 aromatic carbocycles. The minimum Gasteiger partial charge on any atom is -0.468 e. The van der Waals surface area contributed by atoms with E-state index in [9.17, 15) is 13.2 Å². The van der Waals surface area contributed by atoms with Crippen LogP contribution in [-0.4, -0.2) is 46.4 Å². The molecule has 1 saturated heterocycles. The molecular weight excluding hydrogens is 220 g/mol. The van der Waals surface area contributed by atoms with E-state index in [-0.39, 0.29) is 6.04 Å². The summed E-state index contributed by atoms with van der Waals surface area (Å²) < 4.78 is 29.6. The van der Waals surface area contributed by atoms with Crippen LogP contribution in [0.5, 0.6) is 0 Å². The van der Waals surface area contributed by atoms with Crippen LogP contribution in [0.3, 0.4) is 0 Å². The molecule has 1 heterocycles. The topological polar surface area (TPSA) is 84.5 Å². The molecule has 0 amide bonds. The highest BCUT2D eigenvalue weighted by molar-refractivity contribution is 7.90. The van der Waals surface area contributed by atoms with Gasteiger partial charge in [0.25, 0.3) is 0 Å². The molecule has 0 spiro atoms. The fraction of sp³-hybridized carbons (Fsp3) is 0.875. The maximum absolute atomic E-state index is 11.4. The summed E-state index contributed by atoms with van der Waals surface area (Å²) in [5.74, 6) is -1.36. The third-order valence-electron chi connectivity index (χ3n) is 2.18. The van der Waals surface area contributed by atoms with E-state index in [4.69, 9.17) is 0 Å². The van der Waals surface area contributed by atoms with Crippen molar-refractivity contribution in [2.24, 2.45) is 0 Å². The number of carbonyl (C=O) groups is 1. The quantitative estimate of drug-likeness (QED) is 0.601. The van der Waals surface area contributed by atoms with E-state index in [1.54, 1.807) is 0 Å². The number of carbonyl (C=O) groups excluding carboxylic acids is 1. The zero-order chi connectivity index (χ0) is 11.3. The fourth-order valence-electron chi connectivity index (χ4n) is 1.46. The zero-order valence-electron chi connectivity index (χ0n) is 8.65. The Balaban J connectivity index is 2.44. The molecule has 0 radical (unpaired) electrons. The van der Waals surface area contributed by atoms with Gasteiger partial charge in [-0.1, -0.05) is 0 Å². The van der Waals surface area contributed by atoms with Gasteiger partial charge in [-0.25, -0.2) is 13.1 Å². The Hall–Kier alpha value is -0.660. The predicted molar refractivity (Wildman–Crippen MR) is 54.8 cm³/mol. The number of nitrogens with one attached hydrogen (secondary N) is 2. The first-order valence-electron chi connectivity index (χ1n) is 4.81. The van der Waals surface area contributed by atoms with Gasteiger partial charge in [0, 0.05) is 12.6 Å². The molecular formula is C8H16N2O4S. The van der Waals surface area contributed by atoms with Gasteiger partial charge in [0.05, 0.1) is 7.11 Å². The van der Waals surface area contributed by atoms with Crippen molar-refractivity contribution in [3.8, 4) is 0 Å². The molecule has 0 unspecified atom stereocenters. The second kappa shape index (κ2) is 5.43. The lowest BCUT2D eigenvalue weighted by Gasteiger charge is -2.23. The van der Waals surface area contributed by atoms with Crippen LogP contribution in [0.4, 0.5) is 0 Å². The van der Waals surface area contributed by atoms with Crippen molar-refractivity contribution in [1.82, 2.24) is 10.0 Å². The van der Waals surface area contributed by atoms with Gasteiger partial charge >= 0.3 is 5.97 Å². The van der Waals surface area contributed by atoms with Crippen LogP contribution in [0.15, 0.2) is 0 Å². The smallest absolute Gasteiger partial charge is 0.322 e. The van der Waals surface area contributed by atoms with Gasteiger partial charge in [-0.2, -0.15) is 0 Å². The maximum Gasteiger partial charge on any atom is 0.322 e. The number of hydrogen-bond acceptors (Lipinski definition) is 5. The molecule has 7 heteroatoms. The second-order valence-corrected chi connectivity index (χ2v) is 5.25. The van der Waals surface area contributed by atoms with Gasteiger partial charge in [-0.15, -0.1) is 0 Å². The van der Waals surface area contributed by atoms with Crippen molar-refractivity contribution in [2.75, 3.05) is 26.0 Å². The lowest BCUT2D eigenvalue weighted by molar-refractivity contribution is -0.137. The molecule has 88 valence electrons. The van der Waals surface area contributed by atoms with Crippen molar-refractivity contribution >= 4 is 16.0 Å². The molecule has 0 bridgehead atoms. The van der Waals surface area contributed by atoms with Crippen LogP contribution in [0, 0.1) is 0 Å². The molecule has 1 rings (SSSR count). The summed E-state index contributed by atoms with van der Waals surface area (Å²) in [5, 5.41) is 3.08. The van der Waals surface area contributed by atoms with E-state index in [2.05, 4.69) is 14.8 Å². The molecule has 15 heavy (non-hydrogen) atoms. The Labute approximate surface area is 89.4 Å². The normalized spacial score (nSPS) is 22.3. The number of hydrogen-bond donors (Lipinski definition) is 2. The highest BCUT2D eigenvalue weighted by Crippen LogP contribution is 2.03. The molecule has 1 atom stereocenters. The maximum atomic E-state index is 11.4. The zero-order valence-corrected chi connectivity index (χ0v) is 9.47. The Kier molecular flexibility index (Phi) is 4.49. The van der Waals surface area contributed by atoms with E-state index in [0.29, 0.717) is 6.54 Å². The Bertz CT molecular complexity index is 309. The van der Waals surface area contributed by atoms with Crippen molar-refractivity contribution in [3.63, 3.8) is 0 Å². The standard InChI is InChI=1S/C8H16N2O4S/c1-14-8(11)6-15(12,13)10-7-3-2-4-9-5-7/h7,9-10H,2-6H2,1H3/t7-/m1/s1. The third-order valence-corrected chi connectivity index (χ3v) is 3.49. The fourth-order valence-corrected chi connectivity index (χ4v) is 2.68. The number of piperidine rings is 1. The number of sulfonamides is 1. The van der Waals surface area contributed by atoms with E-state index in [1.165, 1.54) is 7.11 Å². The SMILES string of the molecule is COC(=O)CS(=O)(=O)N[C@@H]1CCCNC1. The van der Waals surface area contributed by atoms with Crippen LogP contribution >= 0.6 is 0 Å². The summed E-state index contributed by atoms with van der Waals surface area (Å²) >= 11 is 0. The molecule has 2 N–H and O–H groups in total. The summed E-state index contributed by atoms with van der Waals surface area (Å²) in [6.07, 6.45) is 1.73. The molecule has 0 saturated carbocycles. The van der Waals surface area contributed by atoms with E-state index >= 15 is 0 Å². The molecule has 1 aliphatic heterocycles. The lowest BCUT2D eigenvalue weighted by Crippen LogP contribution is -2.47. The van der Waals surface area contributed by atoms with Gasteiger partial charge < -0.3 is 10.1 Å². The first-order chi connectivity index (χ1) is 7.03. The van der Waals surface area contributed by atoms with Gasteiger partial charge in [-0.05, 0) is 19.4 Å². The van der Waals surface area contributed by atoms with E-state index < -0.39 is 21.7 Å². The largest absolute Gasteiger partial charge is 0.468 e. The molecule has 0 aromatic heterocycles. The minimum absolute atomic E-state index is 0.117. The Morgan fingerprint density at radius 2 is 2.33 bits per heavy atom. The molecule has 6 nitrogen and oxygen atoms in total. The second-order valence-electron chi connectivity index (χ2n) is 3.50. The average Bonchev–Trinajstić information content (AvgIpc) is 2.17. The third kappa shape index (κ3) is 4.59. The highest BCUT2D eigenvalue weighted by Gasteiger charge is 2.22. The van der Waals surface area contributed by atoms with Gasteiger partial charge in [0.1, 0.15) is 0 Å². The van der Waals surface area contributed by atoms with Crippen LogP contribution in [0.2, 0.25) is 0 Å². The number of methoxy groups -OCH3 is 1. The number of esters is 1. The van der Waals surface area contributed by atoms with Gasteiger partial charge in [-0.3, -0.25) is 4.79 Å². The molecule has 0 aromatic rings. The Morgan fingerprint density at radius 1 is 1.60 bits per heavy atom. The van der Waals surface area contributed by atoms with Gasteiger partial charge in [0.2, 0.25) is 10.0 Å². The van der Waals surface area contributed by atoms with Crippen molar-refractivity contribution in [1.29, 1.82) is 0 Å². The summed E-state index contributed by atoms with van der Waals surface area (Å²) in [6, 6.07) is -0.117. The monoisotopic (exact) mass is 236 g/mol. The van der Waals surface area contributed by atoms with Crippen LogP contribution < -0.4 is 10.0 Å². The minimum atomic E-state index is -3.56. The van der Waals surface area contributed by atoms with Crippen LogP contribution in [0.25, 0.3) is 0 Å². The van der Waals surface area contributed by atoms with Crippen molar-refractivity contribution in [2.45, 2.75) is 18.9 Å². The van der Waals surface area contributed by atoms with Crippen molar-refractivity contribution in [3.05, 3.63) is 0 Å². The molecule has 1 fully saturated rings. The van der Waals surface area contributed by atoms with Gasteiger partial charge in [0.15, 0.2) is 5.75 Å². The summed E-state index contributed by atoms with van der Waals surface area (Å²) in [6.45, 7) is 1.52. The van der Waals surface area contributed by atoms with Crippen LogP contribution in [0.1, 0.15) is 12.8 Å². The average molecular weight is 236 g/mol. The first kappa shape index (κ1) is 12.4. The summed E-state index contributed by atoms with van der Waals surface area (Å²) in [7, 11) is -2.39. The predicted octanol–water partition coefficient (Wildman–Crippen LogP) is -1.17. The molecule has 1 aliphatic rings. The summed E-state index contributed by atoms with van der Waals surface area (Å²) in [5.41, 5.74) is 0. The summed E-state index contributed by atoms with van der Waals surface area (Å²) in [4.78, 5) is 10.8.